The number of aromatic nitrogens is 2. The van der Waals surface area contributed by atoms with Gasteiger partial charge in [-0.15, -0.1) is 0 Å². The number of nitrogens with one attached hydrogen (secondary N) is 1. The van der Waals surface area contributed by atoms with E-state index < -0.39 is 0 Å². The largest absolute Gasteiger partial charge is 0.331 e. The summed E-state index contributed by atoms with van der Waals surface area (Å²) in [5.74, 6) is 2.25. The molecule has 3 heteroatoms. The molecule has 2 rings (SSSR count). The maximum absolute atomic E-state index is 4.55. The molecule has 1 unspecified atom stereocenters. The van der Waals surface area contributed by atoms with Crippen molar-refractivity contribution in [1.29, 1.82) is 0 Å². The Hall–Kier alpha value is -1.35. The van der Waals surface area contributed by atoms with Crippen molar-refractivity contribution in [3.63, 3.8) is 0 Å². The van der Waals surface area contributed by atoms with E-state index in [1.54, 1.807) is 0 Å². The van der Waals surface area contributed by atoms with Crippen molar-refractivity contribution in [2.24, 2.45) is 13.0 Å². The number of aryl methyl sites for hydroxylation is 2. The van der Waals surface area contributed by atoms with Gasteiger partial charge >= 0.3 is 0 Å². The molecule has 0 aliphatic carbocycles. The summed E-state index contributed by atoms with van der Waals surface area (Å²) in [5.41, 5.74) is 3.72. The maximum Gasteiger partial charge on any atom is 0.106 e. The highest BCUT2D eigenvalue weighted by Crippen LogP contribution is 2.27. The van der Waals surface area contributed by atoms with E-state index in [9.17, 15) is 0 Å². The zero-order valence-corrected chi connectivity index (χ0v) is 12.0. The molecule has 0 saturated carbocycles. The Morgan fingerprint density at radius 3 is 2.67 bits per heavy atom. The molecule has 1 aromatic carbocycles. The van der Waals surface area contributed by atoms with E-state index in [0.29, 0.717) is 11.8 Å². The van der Waals surface area contributed by atoms with Gasteiger partial charge in [-0.1, -0.05) is 19.9 Å². The molecule has 0 aliphatic rings. The summed E-state index contributed by atoms with van der Waals surface area (Å²) in [6.45, 7) is 7.62. The first kappa shape index (κ1) is 13.1. The predicted octanol–water partition coefficient (Wildman–Crippen LogP) is 2.84. The van der Waals surface area contributed by atoms with Crippen LogP contribution in [0.3, 0.4) is 0 Å². The topological polar surface area (TPSA) is 29.9 Å². The lowest BCUT2D eigenvalue weighted by atomic mass is 9.88. The summed E-state index contributed by atoms with van der Waals surface area (Å²) >= 11 is 0. The highest BCUT2D eigenvalue weighted by Gasteiger charge is 2.16. The summed E-state index contributed by atoms with van der Waals surface area (Å²) in [6.07, 6.45) is 0. The molecule has 1 aromatic heterocycles. The SMILES string of the molecule is CNCC(c1ccc2nc(C)n(C)c2c1)C(C)C. The first-order chi connectivity index (χ1) is 8.54. The third kappa shape index (κ3) is 2.27. The molecular formula is C15H23N3. The average Bonchev–Trinajstić information content (AvgIpc) is 2.62. The van der Waals surface area contributed by atoms with Gasteiger partial charge in [-0.05, 0) is 43.5 Å². The number of rotatable bonds is 4. The molecule has 0 radical (unpaired) electrons. The lowest BCUT2D eigenvalue weighted by Gasteiger charge is -2.21. The fourth-order valence-corrected chi connectivity index (χ4v) is 2.52. The van der Waals surface area contributed by atoms with Crippen LogP contribution in [0.2, 0.25) is 0 Å². The van der Waals surface area contributed by atoms with Crippen LogP contribution in [0, 0.1) is 12.8 Å². The fourth-order valence-electron chi connectivity index (χ4n) is 2.52. The summed E-state index contributed by atoms with van der Waals surface area (Å²) in [6, 6.07) is 6.65. The average molecular weight is 245 g/mol. The fraction of sp³-hybridized carbons (Fsp3) is 0.533. The van der Waals surface area contributed by atoms with Crippen molar-refractivity contribution in [2.45, 2.75) is 26.7 Å². The Balaban J connectivity index is 2.47. The van der Waals surface area contributed by atoms with Crippen LogP contribution in [0.5, 0.6) is 0 Å². The molecule has 0 fully saturated rings. The molecule has 0 spiro atoms. The van der Waals surface area contributed by atoms with Gasteiger partial charge in [0.05, 0.1) is 11.0 Å². The van der Waals surface area contributed by atoms with Gasteiger partial charge < -0.3 is 9.88 Å². The summed E-state index contributed by atoms with van der Waals surface area (Å²) in [4.78, 5) is 4.55. The smallest absolute Gasteiger partial charge is 0.106 e. The summed E-state index contributed by atoms with van der Waals surface area (Å²) in [7, 11) is 4.10. The molecule has 2 aromatic rings. The molecule has 1 heterocycles. The summed E-state index contributed by atoms with van der Waals surface area (Å²) < 4.78 is 2.16. The van der Waals surface area contributed by atoms with Crippen LogP contribution in [0.1, 0.15) is 31.2 Å². The zero-order chi connectivity index (χ0) is 13.3. The van der Waals surface area contributed by atoms with Crippen molar-refractivity contribution >= 4 is 11.0 Å². The molecule has 18 heavy (non-hydrogen) atoms. The minimum Gasteiger partial charge on any atom is -0.331 e. The van der Waals surface area contributed by atoms with Crippen LogP contribution in [-0.4, -0.2) is 23.1 Å². The summed E-state index contributed by atoms with van der Waals surface area (Å²) in [5, 5.41) is 3.29. The van der Waals surface area contributed by atoms with Gasteiger partial charge in [0.1, 0.15) is 5.82 Å². The zero-order valence-electron chi connectivity index (χ0n) is 12.0. The Bertz CT molecular complexity index is 540. The standard InChI is InChI=1S/C15H23N3/c1-10(2)13(9-16-4)12-6-7-14-15(8-12)18(5)11(3)17-14/h6-8,10,13,16H,9H2,1-5H3. The lowest BCUT2D eigenvalue weighted by Crippen LogP contribution is -2.21. The molecule has 0 aliphatic heterocycles. The first-order valence-electron chi connectivity index (χ1n) is 6.62. The van der Waals surface area contributed by atoms with Gasteiger partial charge in [0.15, 0.2) is 0 Å². The molecule has 0 bridgehead atoms. The van der Waals surface area contributed by atoms with E-state index in [4.69, 9.17) is 0 Å². The van der Waals surface area contributed by atoms with E-state index in [1.165, 1.54) is 11.1 Å². The van der Waals surface area contributed by atoms with Crippen LogP contribution in [0.15, 0.2) is 18.2 Å². The molecule has 98 valence electrons. The highest BCUT2D eigenvalue weighted by molar-refractivity contribution is 5.77. The van der Waals surface area contributed by atoms with Crippen LogP contribution in [0.25, 0.3) is 11.0 Å². The second kappa shape index (κ2) is 5.11. The Kier molecular flexibility index (Phi) is 3.71. The van der Waals surface area contributed by atoms with E-state index in [1.807, 2.05) is 14.0 Å². The second-order valence-corrected chi connectivity index (χ2v) is 5.37. The van der Waals surface area contributed by atoms with Gasteiger partial charge in [0, 0.05) is 13.6 Å². The third-order valence-electron chi connectivity index (χ3n) is 3.79. The number of hydrogen-bond acceptors (Lipinski definition) is 2. The van der Waals surface area contributed by atoms with Gasteiger partial charge in [0.2, 0.25) is 0 Å². The quantitative estimate of drug-likeness (QED) is 0.897. The van der Waals surface area contributed by atoms with Crippen molar-refractivity contribution in [3.05, 3.63) is 29.6 Å². The number of nitrogens with zero attached hydrogens (tertiary/aromatic N) is 2. The van der Waals surface area contributed by atoms with Crippen molar-refractivity contribution in [2.75, 3.05) is 13.6 Å². The van der Waals surface area contributed by atoms with Gasteiger partial charge in [-0.25, -0.2) is 4.98 Å². The number of hydrogen-bond donors (Lipinski definition) is 1. The Labute approximate surface area is 109 Å². The van der Waals surface area contributed by atoms with E-state index in [-0.39, 0.29) is 0 Å². The maximum atomic E-state index is 4.55. The van der Waals surface area contributed by atoms with Gasteiger partial charge in [-0.2, -0.15) is 0 Å². The van der Waals surface area contributed by atoms with Crippen LogP contribution >= 0.6 is 0 Å². The van der Waals surface area contributed by atoms with Crippen LogP contribution in [0.4, 0.5) is 0 Å². The van der Waals surface area contributed by atoms with Gasteiger partial charge in [-0.3, -0.25) is 0 Å². The Morgan fingerprint density at radius 2 is 2.06 bits per heavy atom. The molecule has 3 nitrogen and oxygen atoms in total. The second-order valence-electron chi connectivity index (χ2n) is 5.37. The lowest BCUT2D eigenvalue weighted by molar-refractivity contribution is 0.478. The van der Waals surface area contributed by atoms with Crippen molar-refractivity contribution < 1.29 is 0 Å². The highest BCUT2D eigenvalue weighted by atomic mass is 15.0. The van der Waals surface area contributed by atoms with E-state index >= 15 is 0 Å². The van der Waals surface area contributed by atoms with E-state index in [0.717, 1.165) is 17.9 Å². The third-order valence-corrected chi connectivity index (χ3v) is 3.79. The van der Waals surface area contributed by atoms with Crippen molar-refractivity contribution in [1.82, 2.24) is 14.9 Å². The molecule has 1 atom stereocenters. The normalized spacial score (nSPS) is 13.4. The first-order valence-corrected chi connectivity index (χ1v) is 6.62. The molecule has 0 amide bonds. The number of likely N-dealkylation sites (N-methyl/N-ethyl adjacent to an activating group) is 1. The Morgan fingerprint density at radius 1 is 1.33 bits per heavy atom. The minimum atomic E-state index is 0.551. The predicted molar refractivity (Wildman–Crippen MR) is 77.0 cm³/mol. The minimum absolute atomic E-state index is 0.551. The van der Waals surface area contributed by atoms with Gasteiger partial charge in [0.25, 0.3) is 0 Å². The number of benzene rings is 1. The molecular weight excluding hydrogens is 222 g/mol. The van der Waals surface area contributed by atoms with Crippen LogP contribution < -0.4 is 5.32 Å². The number of imidazole rings is 1. The monoisotopic (exact) mass is 245 g/mol. The molecule has 0 saturated heterocycles. The van der Waals surface area contributed by atoms with E-state index in [2.05, 4.69) is 54.0 Å². The van der Waals surface area contributed by atoms with Crippen LogP contribution in [-0.2, 0) is 7.05 Å². The molecule has 1 N–H and O–H groups in total. The number of fused-ring (bicyclic) bond motifs is 1. The van der Waals surface area contributed by atoms with Crippen molar-refractivity contribution in [3.8, 4) is 0 Å².